The summed E-state index contributed by atoms with van der Waals surface area (Å²) in [5, 5.41) is 1.82. The number of hydrogen-bond acceptors (Lipinski definition) is 5. The highest BCUT2D eigenvalue weighted by Crippen LogP contribution is 2.53. The van der Waals surface area contributed by atoms with Gasteiger partial charge >= 0.3 is 0 Å². The summed E-state index contributed by atoms with van der Waals surface area (Å²) in [6, 6.07) is 17.5. The molecule has 144 valence electrons. The SMILES string of the molecule is COc1ccc(-c2ccc3c4c(cccc24)[C@]2(OC4CCC(=O)C2O4)C3=O)cc1. The van der Waals surface area contributed by atoms with Gasteiger partial charge in [-0.3, -0.25) is 9.59 Å². The van der Waals surface area contributed by atoms with Crippen LogP contribution in [0.3, 0.4) is 0 Å². The van der Waals surface area contributed by atoms with Gasteiger partial charge in [-0.1, -0.05) is 42.5 Å². The number of ether oxygens (including phenoxy) is 3. The minimum atomic E-state index is -1.35. The first kappa shape index (κ1) is 16.9. The Morgan fingerprint density at radius 1 is 1.00 bits per heavy atom. The number of ketones is 2. The first-order valence-electron chi connectivity index (χ1n) is 9.75. The molecule has 0 radical (unpaired) electrons. The van der Waals surface area contributed by atoms with Gasteiger partial charge in [-0.25, -0.2) is 0 Å². The number of rotatable bonds is 2. The molecule has 5 nitrogen and oxygen atoms in total. The summed E-state index contributed by atoms with van der Waals surface area (Å²) in [5.74, 6) is 0.552. The summed E-state index contributed by atoms with van der Waals surface area (Å²) < 4.78 is 17.2. The van der Waals surface area contributed by atoms with Crippen molar-refractivity contribution < 1.29 is 23.8 Å². The number of carbonyl (C=O) groups excluding carboxylic acids is 2. The summed E-state index contributed by atoms with van der Waals surface area (Å²) in [6.07, 6.45) is -0.495. The second-order valence-corrected chi connectivity index (χ2v) is 7.75. The molecule has 0 N–H and O–H groups in total. The normalized spacial score (nSPS) is 27.2. The molecule has 3 aliphatic rings. The van der Waals surface area contributed by atoms with Crippen LogP contribution in [-0.4, -0.2) is 31.1 Å². The number of benzene rings is 3. The number of fused-ring (bicyclic) bond motifs is 4. The first-order chi connectivity index (χ1) is 14.1. The fraction of sp³-hybridized carbons (Fsp3) is 0.250. The highest BCUT2D eigenvalue weighted by molar-refractivity contribution is 6.23. The van der Waals surface area contributed by atoms with Crippen LogP contribution in [0.1, 0.15) is 28.8 Å². The summed E-state index contributed by atoms with van der Waals surface area (Å²) in [4.78, 5) is 26.2. The Hall–Kier alpha value is -3.02. The van der Waals surface area contributed by atoms with Gasteiger partial charge in [0.1, 0.15) is 5.75 Å². The molecular formula is C24H18O5. The maximum Gasteiger partial charge on any atom is 0.203 e. The Kier molecular flexibility index (Phi) is 3.35. The fourth-order valence-corrected chi connectivity index (χ4v) is 4.99. The smallest absolute Gasteiger partial charge is 0.203 e. The average Bonchev–Trinajstić information content (AvgIpc) is 3.21. The van der Waals surface area contributed by atoms with Crippen molar-refractivity contribution in [1.82, 2.24) is 0 Å². The molecule has 0 amide bonds. The quantitative estimate of drug-likeness (QED) is 0.666. The van der Waals surface area contributed by atoms with E-state index in [4.69, 9.17) is 14.2 Å². The summed E-state index contributed by atoms with van der Waals surface area (Å²) in [6.45, 7) is 0. The second kappa shape index (κ2) is 5.75. The largest absolute Gasteiger partial charge is 0.497 e. The monoisotopic (exact) mass is 386 g/mol. The second-order valence-electron chi connectivity index (χ2n) is 7.75. The van der Waals surface area contributed by atoms with E-state index in [0.29, 0.717) is 18.4 Å². The zero-order valence-electron chi connectivity index (χ0n) is 15.8. The molecule has 1 aliphatic carbocycles. The van der Waals surface area contributed by atoms with Crippen LogP contribution in [0.15, 0.2) is 54.6 Å². The highest BCUT2D eigenvalue weighted by atomic mass is 16.7. The molecule has 2 bridgehead atoms. The van der Waals surface area contributed by atoms with Crippen molar-refractivity contribution in [3.8, 4) is 16.9 Å². The molecule has 5 heteroatoms. The molecule has 2 unspecified atom stereocenters. The predicted octanol–water partition coefficient (Wildman–Crippen LogP) is 4.01. The van der Waals surface area contributed by atoms with Gasteiger partial charge in [0.15, 0.2) is 23.8 Å². The molecule has 3 aromatic carbocycles. The third kappa shape index (κ3) is 2.06. The Morgan fingerprint density at radius 2 is 1.79 bits per heavy atom. The van der Waals surface area contributed by atoms with Gasteiger partial charge < -0.3 is 14.2 Å². The van der Waals surface area contributed by atoms with Crippen LogP contribution in [0.5, 0.6) is 5.75 Å². The molecule has 1 spiro atoms. The van der Waals surface area contributed by atoms with E-state index in [1.165, 1.54) is 0 Å². The Bertz CT molecular complexity index is 1200. The summed E-state index contributed by atoms with van der Waals surface area (Å²) in [5.41, 5.74) is 2.04. The molecule has 2 fully saturated rings. The predicted molar refractivity (Wildman–Crippen MR) is 106 cm³/mol. The van der Waals surface area contributed by atoms with Gasteiger partial charge in [0.05, 0.1) is 7.11 Å². The topological polar surface area (TPSA) is 61.8 Å². The number of methoxy groups -OCH3 is 1. The first-order valence-corrected chi connectivity index (χ1v) is 9.75. The van der Waals surface area contributed by atoms with E-state index in [9.17, 15) is 9.59 Å². The van der Waals surface area contributed by atoms with Gasteiger partial charge in [-0.15, -0.1) is 0 Å². The zero-order valence-corrected chi connectivity index (χ0v) is 15.8. The number of hydrogen-bond donors (Lipinski definition) is 0. The lowest BCUT2D eigenvalue weighted by Gasteiger charge is -2.26. The maximum atomic E-state index is 13.5. The molecule has 2 aliphatic heterocycles. The van der Waals surface area contributed by atoms with Crippen LogP contribution in [-0.2, 0) is 19.9 Å². The van der Waals surface area contributed by atoms with Gasteiger partial charge in [0.2, 0.25) is 5.78 Å². The van der Waals surface area contributed by atoms with E-state index in [-0.39, 0.29) is 11.6 Å². The van der Waals surface area contributed by atoms with Gasteiger partial charge in [0, 0.05) is 24.0 Å². The van der Waals surface area contributed by atoms with Crippen LogP contribution in [0.4, 0.5) is 0 Å². The molecule has 2 saturated heterocycles. The van der Waals surface area contributed by atoms with Crippen LogP contribution in [0.25, 0.3) is 21.9 Å². The zero-order chi connectivity index (χ0) is 19.8. The van der Waals surface area contributed by atoms with Crippen molar-refractivity contribution >= 4 is 22.3 Å². The van der Waals surface area contributed by atoms with Gasteiger partial charge in [-0.05, 0) is 34.0 Å². The molecule has 6 rings (SSSR count). The van der Waals surface area contributed by atoms with Gasteiger partial charge in [-0.2, -0.15) is 0 Å². The maximum absolute atomic E-state index is 13.5. The lowest BCUT2D eigenvalue weighted by atomic mass is 9.84. The third-order valence-electron chi connectivity index (χ3n) is 6.32. The van der Waals surface area contributed by atoms with E-state index < -0.39 is 18.0 Å². The van der Waals surface area contributed by atoms with Crippen molar-refractivity contribution in [2.24, 2.45) is 0 Å². The molecule has 3 atom stereocenters. The number of Topliss-reactive ketones (excluding diaryl/α,β-unsaturated/α-hetero) is 2. The molecule has 0 saturated carbocycles. The standard InChI is InChI=1S/C24H18O5/c1-27-14-7-5-13(6-8-14)15-9-10-17-21-16(15)3-2-4-18(21)24(22(17)26)23-19(25)11-12-20(28-23)29-24/h2-10,20,23H,11-12H2,1H3/t20?,23?,24-/m0/s1. The van der Waals surface area contributed by atoms with Crippen molar-refractivity contribution in [1.29, 1.82) is 0 Å². The summed E-state index contributed by atoms with van der Waals surface area (Å²) in [7, 11) is 1.64. The van der Waals surface area contributed by atoms with E-state index in [2.05, 4.69) is 0 Å². The molecule has 29 heavy (non-hydrogen) atoms. The minimum Gasteiger partial charge on any atom is -0.497 e. The third-order valence-corrected chi connectivity index (χ3v) is 6.32. The van der Waals surface area contributed by atoms with E-state index in [1.807, 2.05) is 54.6 Å². The molecule has 3 aromatic rings. The average molecular weight is 386 g/mol. The molecule has 2 heterocycles. The highest BCUT2D eigenvalue weighted by Gasteiger charge is 2.64. The van der Waals surface area contributed by atoms with E-state index >= 15 is 0 Å². The lowest BCUT2D eigenvalue weighted by molar-refractivity contribution is -0.141. The van der Waals surface area contributed by atoms with Crippen LogP contribution in [0.2, 0.25) is 0 Å². The van der Waals surface area contributed by atoms with Crippen LogP contribution < -0.4 is 4.74 Å². The summed E-state index contributed by atoms with van der Waals surface area (Å²) >= 11 is 0. The van der Waals surface area contributed by atoms with Crippen LogP contribution >= 0.6 is 0 Å². The Balaban J connectivity index is 1.60. The molecular weight excluding hydrogens is 368 g/mol. The van der Waals surface area contributed by atoms with Crippen molar-refractivity contribution in [3.63, 3.8) is 0 Å². The van der Waals surface area contributed by atoms with Gasteiger partial charge in [0.25, 0.3) is 0 Å². The van der Waals surface area contributed by atoms with E-state index in [1.54, 1.807) is 7.11 Å². The van der Waals surface area contributed by atoms with Crippen molar-refractivity contribution in [2.75, 3.05) is 7.11 Å². The van der Waals surface area contributed by atoms with Crippen molar-refractivity contribution in [2.45, 2.75) is 30.8 Å². The molecule has 0 aromatic heterocycles. The lowest BCUT2D eigenvalue weighted by Crippen LogP contribution is -2.46. The van der Waals surface area contributed by atoms with Crippen LogP contribution in [0, 0.1) is 0 Å². The fourth-order valence-electron chi connectivity index (χ4n) is 4.99. The van der Waals surface area contributed by atoms with E-state index in [0.717, 1.165) is 33.2 Å². The Morgan fingerprint density at radius 3 is 2.59 bits per heavy atom. The Labute approximate surface area is 167 Å². The minimum absolute atomic E-state index is 0.0627. The number of carbonyl (C=O) groups is 2. The van der Waals surface area contributed by atoms with Crippen molar-refractivity contribution in [3.05, 3.63) is 65.7 Å².